The fourth-order valence-electron chi connectivity index (χ4n) is 3.94. The number of carbonyl (C=O) groups is 2. The number of nitrogens with one attached hydrogen (secondary N) is 3. The minimum absolute atomic E-state index is 0.0364. The lowest BCUT2D eigenvalue weighted by atomic mass is 9.96. The van der Waals surface area contributed by atoms with Crippen molar-refractivity contribution in [2.24, 2.45) is 0 Å². The van der Waals surface area contributed by atoms with Gasteiger partial charge in [0.25, 0.3) is 0 Å². The number of benzene rings is 1. The Morgan fingerprint density at radius 3 is 2.65 bits per heavy atom. The molecule has 3 N–H and O–H groups in total. The molecule has 1 aliphatic heterocycles. The van der Waals surface area contributed by atoms with Gasteiger partial charge in [-0.1, -0.05) is 19.1 Å². The maximum absolute atomic E-state index is 13.8. The van der Waals surface area contributed by atoms with E-state index in [1.54, 1.807) is 12.1 Å². The van der Waals surface area contributed by atoms with Crippen LogP contribution in [0.3, 0.4) is 0 Å². The van der Waals surface area contributed by atoms with E-state index in [2.05, 4.69) is 20.9 Å². The summed E-state index contributed by atoms with van der Waals surface area (Å²) in [6, 6.07) is 6.49. The summed E-state index contributed by atoms with van der Waals surface area (Å²) in [5, 5.41) is 8.43. The number of amides is 2. The molecule has 0 bridgehead atoms. The Balaban J connectivity index is 1.76. The lowest BCUT2D eigenvalue weighted by molar-refractivity contribution is -0.139. The average molecular weight is 523 g/mol. The molecule has 11 heteroatoms. The summed E-state index contributed by atoms with van der Waals surface area (Å²) in [6.45, 7) is 6.53. The number of hydrogen-bond donors (Lipinski definition) is 3. The summed E-state index contributed by atoms with van der Waals surface area (Å²) in [5.41, 5.74) is 0.156. The first-order valence-corrected chi connectivity index (χ1v) is 12.3. The van der Waals surface area contributed by atoms with Crippen LogP contribution in [0, 0.1) is 0 Å². The lowest BCUT2D eigenvalue weighted by Crippen LogP contribution is -2.47. The predicted octanol–water partition coefficient (Wildman–Crippen LogP) is 4.17. The fourth-order valence-corrected chi connectivity index (χ4v) is 3.94. The van der Waals surface area contributed by atoms with Gasteiger partial charge in [0.1, 0.15) is 12.8 Å². The van der Waals surface area contributed by atoms with E-state index in [1.807, 2.05) is 20.8 Å². The second-order valence-corrected chi connectivity index (χ2v) is 9.07. The number of halogens is 3. The monoisotopic (exact) mass is 522 g/mol. The molecule has 3 rings (SSSR count). The normalized spacial score (nSPS) is 18.0. The van der Waals surface area contributed by atoms with Crippen LogP contribution < -0.4 is 20.7 Å². The Kier molecular flexibility index (Phi) is 9.87. The third-order valence-electron chi connectivity index (χ3n) is 5.71. The zero-order valence-electron chi connectivity index (χ0n) is 21.2. The van der Waals surface area contributed by atoms with E-state index in [0.717, 1.165) is 6.07 Å². The van der Waals surface area contributed by atoms with E-state index in [9.17, 15) is 22.8 Å². The van der Waals surface area contributed by atoms with Crippen molar-refractivity contribution in [1.29, 1.82) is 0 Å². The molecule has 1 saturated heterocycles. The van der Waals surface area contributed by atoms with Gasteiger partial charge in [-0.3, -0.25) is 14.9 Å². The highest BCUT2D eigenvalue weighted by atomic mass is 19.4. The van der Waals surface area contributed by atoms with Crippen LogP contribution in [0.15, 0.2) is 36.5 Å². The van der Waals surface area contributed by atoms with Gasteiger partial charge in [-0.15, -0.1) is 0 Å². The van der Waals surface area contributed by atoms with E-state index in [0.29, 0.717) is 43.1 Å². The lowest BCUT2D eigenvalue weighted by Gasteiger charge is -2.33. The molecule has 0 spiro atoms. The van der Waals surface area contributed by atoms with Crippen molar-refractivity contribution in [1.82, 2.24) is 20.9 Å². The largest absolute Gasteiger partial charge is 0.475 e. The molecule has 0 radical (unpaired) electrons. The molecule has 37 heavy (non-hydrogen) atoms. The van der Waals surface area contributed by atoms with Crippen LogP contribution in [0.25, 0.3) is 0 Å². The van der Waals surface area contributed by atoms with Gasteiger partial charge in [0.2, 0.25) is 17.7 Å². The van der Waals surface area contributed by atoms with Crippen LogP contribution >= 0.6 is 0 Å². The second kappa shape index (κ2) is 12.9. The van der Waals surface area contributed by atoms with Crippen LogP contribution in [-0.4, -0.2) is 36.1 Å². The number of carbonyl (C=O) groups excluding carboxylic acids is 2. The Morgan fingerprint density at radius 1 is 1.22 bits per heavy atom. The molecular formula is C26H33F3N4O4. The molecule has 1 aromatic carbocycles. The molecule has 8 nitrogen and oxygen atoms in total. The van der Waals surface area contributed by atoms with Crippen molar-refractivity contribution in [3.05, 3.63) is 58.8 Å². The first-order valence-electron chi connectivity index (χ1n) is 12.3. The van der Waals surface area contributed by atoms with Gasteiger partial charge < -0.3 is 20.1 Å². The summed E-state index contributed by atoms with van der Waals surface area (Å²) in [7, 11) is 0. The van der Waals surface area contributed by atoms with Crippen LogP contribution in [-0.2, 0) is 27.0 Å². The maximum Gasteiger partial charge on any atom is 0.416 e. The molecule has 2 amide bonds. The van der Waals surface area contributed by atoms with Crippen molar-refractivity contribution in [2.45, 2.75) is 71.1 Å². The van der Waals surface area contributed by atoms with Gasteiger partial charge >= 0.3 is 6.18 Å². The van der Waals surface area contributed by atoms with Crippen molar-refractivity contribution in [3.63, 3.8) is 0 Å². The average Bonchev–Trinajstić information content (AvgIpc) is 2.85. The minimum Gasteiger partial charge on any atom is -0.475 e. The highest BCUT2D eigenvalue weighted by molar-refractivity contribution is 5.78. The Bertz CT molecular complexity index is 1060. The highest BCUT2D eigenvalue weighted by Crippen LogP contribution is 2.36. The van der Waals surface area contributed by atoms with E-state index in [-0.39, 0.29) is 30.5 Å². The Morgan fingerprint density at radius 2 is 2.00 bits per heavy atom. The zero-order chi connectivity index (χ0) is 27.0. The van der Waals surface area contributed by atoms with E-state index < -0.39 is 29.9 Å². The standard InChI is InChI=1S/C26H33F3N4O4/c1-4-5-22(34)30-14-17-6-8-20(26(27,28)29)19(12-17)25-32-21(13-23(35)33-25)18-7-9-24(31-15-18)37-11-10-36-16(2)3/h6-9,12,15-16,21,25,32H,4-5,10-11,13-14H2,1-3H3,(H,30,34)(H,33,35). The third kappa shape index (κ3) is 8.43. The smallest absolute Gasteiger partial charge is 0.416 e. The number of alkyl halides is 3. The van der Waals surface area contributed by atoms with Crippen molar-refractivity contribution >= 4 is 11.8 Å². The second-order valence-electron chi connectivity index (χ2n) is 9.07. The van der Waals surface area contributed by atoms with Gasteiger partial charge in [-0.2, -0.15) is 13.2 Å². The summed E-state index contributed by atoms with van der Waals surface area (Å²) in [5.74, 6) is -0.194. The molecule has 0 aliphatic carbocycles. The molecule has 2 unspecified atom stereocenters. The molecule has 0 saturated carbocycles. The van der Waals surface area contributed by atoms with Gasteiger partial charge in [0, 0.05) is 43.3 Å². The number of hydrogen-bond acceptors (Lipinski definition) is 6. The van der Waals surface area contributed by atoms with E-state index in [1.165, 1.54) is 18.3 Å². The molecule has 2 heterocycles. The van der Waals surface area contributed by atoms with Gasteiger partial charge in [0.15, 0.2) is 0 Å². The molecule has 2 atom stereocenters. The SMILES string of the molecule is CCCC(=O)NCc1ccc(C(F)(F)F)c(C2NC(=O)CC(c3ccc(OCCOC(C)C)nc3)N2)c1. The van der Waals surface area contributed by atoms with Crippen molar-refractivity contribution in [2.75, 3.05) is 13.2 Å². The van der Waals surface area contributed by atoms with Crippen LogP contribution in [0.5, 0.6) is 5.88 Å². The molecule has 1 aliphatic rings. The third-order valence-corrected chi connectivity index (χ3v) is 5.71. The van der Waals surface area contributed by atoms with E-state index in [4.69, 9.17) is 9.47 Å². The quantitative estimate of drug-likeness (QED) is 0.383. The van der Waals surface area contributed by atoms with Gasteiger partial charge in [-0.25, -0.2) is 4.98 Å². The summed E-state index contributed by atoms with van der Waals surface area (Å²) >= 11 is 0. The Labute approximate surface area is 214 Å². The first kappa shape index (κ1) is 28.4. The van der Waals surface area contributed by atoms with Gasteiger partial charge in [0.05, 0.1) is 18.3 Å². The number of aromatic nitrogens is 1. The summed E-state index contributed by atoms with van der Waals surface area (Å²) in [4.78, 5) is 28.6. The fraction of sp³-hybridized carbons (Fsp3) is 0.500. The van der Waals surface area contributed by atoms with Crippen molar-refractivity contribution < 1.29 is 32.2 Å². The van der Waals surface area contributed by atoms with Crippen LogP contribution in [0.2, 0.25) is 0 Å². The highest BCUT2D eigenvalue weighted by Gasteiger charge is 2.38. The molecule has 202 valence electrons. The summed E-state index contributed by atoms with van der Waals surface area (Å²) < 4.78 is 52.5. The summed E-state index contributed by atoms with van der Waals surface area (Å²) in [6.07, 6.45) is -3.05. The first-order chi connectivity index (χ1) is 17.6. The van der Waals surface area contributed by atoms with E-state index >= 15 is 0 Å². The van der Waals surface area contributed by atoms with Crippen LogP contribution in [0.4, 0.5) is 13.2 Å². The van der Waals surface area contributed by atoms with Gasteiger partial charge in [-0.05, 0) is 43.5 Å². The number of rotatable bonds is 11. The zero-order valence-corrected chi connectivity index (χ0v) is 21.2. The number of ether oxygens (including phenoxy) is 2. The Hall–Kier alpha value is -3.18. The molecule has 1 aromatic heterocycles. The van der Waals surface area contributed by atoms with Crippen molar-refractivity contribution in [3.8, 4) is 5.88 Å². The minimum atomic E-state index is -4.63. The molecule has 1 fully saturated rings. The topological polar surface area (TPSA) is 102 Å². The number of nitrogens with zero attached hydrogens (tertiary/aromatic N) is 1. The molecule has 2 aromatic rings. The number of pyridine rings is 1. The predicted molar refractivity (Wildman–Crippen MR) is 130 cm³/mol. The molecular weight excluding hydrogens is 489 g/mol. The van der Waals surface area contributed by atoms with Crippen LogP contribution in [0.1, 0.15) is 74.5 Å². The maximum atomic E-state index is 13.8.